The Labute approximate surface area is 186 Å². The van der Waals surface area contributed by atoms with Gasteiger partial charge in [-0.25, -0.2) is 0 Å². The third-order valence-electron chi connectivity index (χ3n) is 5.26. The van der Waals surface area contributed by atoms with Gasteiger partial charge >= 0.3 is 0 Å². The van der Waals surface area contributed by atoms with Gasteiger partial charge in [-0.1, -0.05) is 42.5 Å². The summed E-state index contributed by atoms with van der Waals surface area (Å²) in [7, 11) is 1.61. The molecule has 1 aliphatic heterocycles. The highest BCUT2D eigenvalue weighted by Gasteiger charge is 2.32. The fraction of sp³-hybridized carbons (Fsp3) is 0.200. The summed E-state index contributed by atoms with van der Waals surface area (Å²) in [6.07, 6.45) is 0.825. The second-order valence-corrected chi connectivity index (χ2v) is 8.36. The van der Waals surface area contributed by atoms with Crippen LogP contribution >= 0.6 is 11.8 Å². The van der Waals surface area contributed by atoms with E-state index in [1.54, 1.807) is 43.1 Å². The lowest BCUT2D eigenvalue weighted by molar-refractivity contribution is -0.128. The molecule has 4 rings (SSSR count). The average Bonchev–Trinajstić information content (AvgIpc) is 3.19. The van der Waals surface area contributed by atoms with E-state index < -0.39 is 0 Å². The molecule has 1 aliphatic rings. The number of methoxy groups -OCH3 is 1. The molecule has 1 heterocycles. The van der Waals surface area contributed by atoms with Gasteiger partial charge in [0.2, 0.25) is 5.91 Å². The molecule has 1 N–H and O–H groups in total. The maximum absolute atomic E-state index is 12.6. The maximum atomic E-state index is 12.6. The molecule has 0 aliphatic carbocycles. The summed E-state index contributed by atoms with van der Waals surface area (Å²) in [5, 5.41) is 2.87. The monoisotopic (exact) mass is 432 g/mol. The SMILES string of the molecule is COc1ccc(NC(=O)c2ccc([C@H]3SCC(=O)N3CCc3ccccc3)cc2)cc1. The van der Waals surface area contributed by atoms with Gasteiger partial charge in [0.1, 0.15) is 11.1 Å². The molecule has 1 saturated heterocycles. The first-order valence-electron chi connectivity index (χ1n) is 10.1. The van der Waals surface area contributed by atoms with Crippen molar-refractivity contribution in [1.29, 1.82) is 0 Å². The molecule has 158 valence electrons. The highest BCUT2D eigenvalue weighted by atomic mass is 32.2. The van der Waals surface area contributed by atoms with E-state index in [-0.39, 0.29) is 17.2 Å². The molecule has 0 unspecified atom stereocenters. The minimum atomic E-state index is -0.173. The molecule has 3 aromatic carbocycles. The first kappa shape index (κ1) is 21.0. The van der Waals surface area contributed by atoms with Crippen LogP contribution in [0.3, 0.4) is 0 Å². The highest BCUT2D eigenvalue weighted by molar-refractivity contribution is 8.00. The minimum Gasteiger partial charge on any atom is -0.497 e. The smallest absolute Gasteiger partial charge is 0.255 e. The average molecular weight is 433 g/mol. The van der Waals surface area contributed by atoms with Crippen LogP contribution in [0.15, 0.2) is 78.9 Å². The molecule has 2 amide bonds. The number of amides is 2. The Hall–Kier alpha value is -3.25. The molecule has 0 aromatic heterocycles. The number of hydrogen-bond acceptors (Lipinski definition) is 4. The lowest BCUT2D eigenvalue weighted by Crippen LogP contribution is -2.30. The van der Waals surface area contributed by atoms with Gasteiger partial charge in [0.25, 0.3) is 5.91 Å². The van der Waals surface area contributed by atoms with Gasteiger partial charge in [0, 0.05) is 17.8 Å². The van der Waals surface area contributed by atoms with E-state index in [0.717, 1.165) is 17.7 Å². The summed E-state index contributed by atoms with van der Waals surface area (Å²) >= 11 is 1.63. The van der Waals surface area contributed by atoms with Gasteiger partial charge in [0.15, 0.2) is 0 Å². The molecule has 31 heavy (non-hydrogen) atoms. The number of carbonyl (C=O) groups excluding carboxylic acids is 2. The van der Waals surface area contributed by atoms with Crippen molar-refractivity contribution in [2.24, 2.45) is 0 Å². The van der Waals surface area contributed by atoms with Gasteiger partial charge in [-0.05, 0) is 53.9 Å². The molecule has 5 nitrogen and oxygen atoms in total. The Bertz CT molecular complexity index is 1040. The highest BCUT2D eigenvalue weighted by Crippen LogP contribution is 2.38. The van der Waals surface area contributed by atoms with E-state index in [4.69, 9.17) is 4.74 Å². The van der Waals surface area contributed by atoms with Crippen molar-refractivity contribution >= 4 is 29.3 Å². The van der Waals surface area contributed by atoms with Crippen molar-refractivity contribution in [3.8, 4) is 5.75 Å². The third-order valence-corrected chi connectivity index (χ3v) is 6.51. The zero-order valence-corrected chi connectivity index (χ0v) is 18.1. The predicted molar refractivity (Wildman–Crippen MR) is 124 cm³/mol. The molecule has 1 fully saturated rings. The zero-order valence-electron chi connectivity index (χ0n) is 17.3. The number of benzene rings is 3. The quantitative estimate of drug-likeness (QED) is 0.585. The normalized spacial score (nSPS) is 15.7. The molecule has 3 aromatic rings. The summed E-state index contributed by atoms with van der Waals surface area (Å²) in [6.45, 7) is 0.681. The van der Waals surface area contributed by atoms with Crippen LogP contribution < -0.4 is 10.1 Å². The van der Waals surface area contributed by atoms with Crippen LogP contribution in [0.25, 0.3) is 0 Å². The standard InChI is InChI=1S/C25H24N2O3S/c1-30-22-13-11-21(12-14-22)26-24(29)19-7-9-20(10-8-19)25-27(23(28)17-31-25)16-15-18-5-3-2-4-6-18/h2-14,25H,15-17H2,1H3,(H,26,29)/t25-/m1/s1. The van der Waals surface area contributed by atoms with Crippen LogP contribution in [0, 0.1) is 0 Å². The third kappa shape index (κ3) is 5.09. The topological polar surface area (TPSA) is 58.6 Å². The predicted octanol–water partition coefficient (Wildman–Crippen LogP) is 4.76. The van der Waals surface area contributed by atoms with Crippen molar-refractivity contribution < 1.29 is 14.3 Å². The number of rotatable bonds is 7. The van der Waals surface area contributed by atoms with Crippen molar-refractivity contribution in [1.82, 2.24) is 4.90 Å². The van der Waals surface area contributed by atoms with Crippen molar-refractivity contribution in [3.05, 3.63) is 95.6 Å². The largest absolute Gasteiger partial charge is 0.497 e. The fourth-order valence-corrected chi connectivity index (χ4v) is 4.76. The van der Waals surface area contributed by atoms with E-state index in [1.807, 2.05) is 47.4 Å². The number of hydrogen-bond donors (Lipinski definition) is 1. The first-order chi connectivity index (χ1) is 15.1. The van der Waals surface area contributed by atoms with Gasteiger partial charge in [-0.15, -0.1) is 11.8 Å². The minimum absolute atomic E-state index is 0.0186. The number of anilines is 1. The number of nitrogens with zero attached hydrogens (tertiary/aromatic N) is 1. The Balaban J connectivity index is 1.41. The Morgan fingerprint density at radius 2 is 1.74 bits per heavy atom. The van der Waals surface area contributed by atoms with Gasteiger partial charge in [0.05, 0.1) is 12.9 Å². The first-order valence-corrected chi connectivity index (χ1v) is 11.2. The number of nitrogens with one attached hydrogen (secondary N) is 1. The molecule has 6 heteroatoms. The molecule has 0 radical (unpaired) electrons. The second kappa shape index (κ2) is 9.71. The van der Waals surface area contributed by atoms with E-state index >= 15 is 0 Å². The number of ether oxygens (including phenoxy) is 1. The lowest BCUT2D eigenvalue weighted by atomic mass is 10.1. The van der Waals surface area contributed by atoms with Gasteiger partial charge in [-0.3, -0.25) is 9.59 Å². The maximum Gasteiger partial charge on any atom is 0.255 e. The molecule has 0 saturated carbocycles. The number of thioether (sulfide) groups is 1. The second-order valence-electron chi connectivity index (χ2n) is 7.29. The van der Waals surface area contributed by atoms with Crippen LogP contribution in [0.5, 0.6) is 5.75 Å². The van der Waals surface area contributed by atoms with E-state index in [2.05, 4.69) is 17.4 Å². The van der Waals surface area contributed by atoms with Gasteiger partial charge < -0.3 is 15.0 Å². The molecule has 1 atom stereocenters. The molecule has 0 spiro atoms. The van der Waals surface area contributed by atoms with E-state index in [9.17, 15) is 9.59 Å². The van der Waals surface area contributed by atoms with Crippen LogP contribution in [0.4, 0.5) is 5.69 Å². The van der Waals surface area contributed by atoms with E-state index in [1.165, 1.54) is 5.56 Å². The molecule has 0 bridgehead atoms. The van der Waals surface area contributed by atoms with E-state index in [0.29, 0.717) is 23.5 Å². The summed E-state index contributed by atoms with van der Waals surface area (Å²) in [5.41, 5.74) is 3.53. The van der Waals surface area contributed by atoms with Crippen molar-refractivity contribution in [2.45, 2.75) is 11.8 Å². The lowest BCUT2D eigenvalue weighted by Gasteiger charge is -2.24. The fourth-order valence-electron chi connectivity index (χ4n) is 3.54. The Morgan fingerprint density at radius 1 is 1.03 bits per heavy atom. The van der Waals surface area contributed by atoms with Crippen LogP contribution in [-0.4, -0.2) is 36.1 Å². The summed E-state index contributed by atoms with van der Waals surface area (Å²) in [6, 6.07) is 24.9. The van der Waals surface area contributed by atoms with Crippen LogP contribution in [0.2, 0.25) is 0 Å². The summed E-state index contributed by atoms with van der Waals surface area (Å²) in [4.78, 5) is 26.9. The summed E-state index contributed by atoms with van der Waals surface area (Å²) in [5.74, 6) is 1.21. The van der Waals surface area contributed by atoms with Crippen LogP contribution in [-0.2, 0) is 11.2 Å². The van der Waals surface area contributed by atoms with Crippen molar-refractivity contribution in [3.63, 3.8) is 0 Å². The molecular formula is C25H24N2O3S. The summed E-state index contributed by atoms with van der Waals surface area (Å²) < 4.78 is 5.14. The Morgan fingerprint density at radius 3 is 2.42 bits per heavy atom. The number of carbonyl (C=O) groups is 2. The molecular weight excluding hydrogens is 408 g/mol. The van der Waals surface area contributed by atoms with Gasteiger partial charge in [-0.2, -0.15) is 0 Å². The van der Waals surface area contributed by atoms with Crippen molar-refractivity contribution in [2.75, 3.05) is 24.7 Å². The zero-order chi connectivity index (χ0) is 21.6. The van der Waals surface area contributed by atoms with Crippen LogP contribution in [0.1, 0.15) is 26.9 Å². The Kier molecular flexibility index (Phi) is 6.57.